The van der Waals surface area contributed by atoms with Crippen LogP contribution in [-0.2, 0) is 5.41 Å². The molecule has 0 spiro atoms. The number of aromatic nitrogens is 1. The van der Waals surface area contributed by atoms with E-state index in [9.17, 15) is 0 Å². The molecule has 15 rings (SSSR count). The van der Waals surface area contributed by atoms with Gasteiger partial charge in [-0.1, -0.05) is 224 Å². The Kier molecular flexibility index (Phi) is 9.21. The lowest BCUT2D eigenvalue weighted by Gasteiger charge is -2.34. The minimum atomic E-state index is -0.485. The molecule has 0 saturated carbocycles. The number of benzene rings is 13. The van der Waals surface area contributed by atoms with Crippen LogP contribution >= 0.6 is 0 Å². The number of anilines is 3. The lowest BCUT2D eigenvalue weighted by atomic mass is 9.67. The Balaban J connectivity index is 0.892. The van der Waals surface area contributed by atoms with Crippen molar-refractivity contribution in [3.8, 4) is 27.9 Å². The molecule has 340 valence electrons. The molecule has 0 radical (unpaired) electrons. The Labute approximate surface area is 423 Å². The molecule has 2 nitrogen and oxygen atoms in total. The summed E-state index contributed by atoms with van der Waals surface area (Å²) in [6.07, 6.45) is 0. The fraction of sp³-hybridized carbons (Fsp3) is 0.0141. The van der Waals surface area contributed by atoms with Gasteiger partial charge in [-0.15, -0.1) is 0 Å². The van der Waals surface area contributed by atoms with Gasteiger partial charge in [-0.3, -0.25) is 0 Å². The molecule has 0 saturated heterocycles. The molecule has 0 N–H and O–H groups in total. The van der Waals surface area contributed by atoms with E-state index in [1.807, 2.05) is 0 Å². The molecule has 73 heavy (non-hydrogen) atoms. The van der Waals surface area contributed by atoms with E-state index in [-0.39, 0.29) is 0 Å². The van der Waals surface area contributed by atoms with Crippen molar-refractivity contribution in [1.82, 2.24) is 4.57 Å². The molecule has 14 aromatic rings. The largest absolute Gasteiger partial charge is 0.309 e. The second-order valence-corrected chi connectivity index (χ2v) is 19.5. The highest BCUT2D eigenvalue weighted by Gasteiger charge is 2.46. The van der Waals surface area contributed by atoms with Crippen LogP contribution in [0.25, 0.3) is 92.8 Å². The predicted octanol–water partition coefficient (Wildman–Crippen LogP) is 18.9. The summed E-state index contributed by atoms with van der Waals surface area (Å²) >= 11 is 0. The van der Waals surface area contributed by atoms with Crippen molar-refractivity contribution in [3.05, 3.63) is 301 Å². The number of nitrogens with zero attached hydrogens (tertiary/aromatic N) is 2. The summed E-state index contributed by atoms with van der Waals surface area (Å²) in [5, 5.41) is 12.3. The van der Waals surface area contributed by atoms with Crippen LogP contribution in [0.2, 0.25) is 0 Å². The van der Waals surface area contributed by atoms with Crippen molar-refractivity contribution < 1.29 is 0 Å². The second-order valence-electron chi connectivity index (χ2n) is 19.5. The molecule has 0 atom stereocenters. The third-order valence-electron chi connectivity index (χ3n) is 15.8. The molecular weight excluding hydrogens is 881 g/mol. The Morgan fingerprint density at radius 3 is 1.40 bits per heavy atom. The maximum Gasteiger partial charge on any atom is 0.0714 e. The van der Waals surface area contributed by atoms with Crippen LogP contribution in [0, 0.1) is 0 Å². The van der Waals surface area contributed by atoms with Crippen LogP contribution in [0.1, 0.15) is 22.3 Å². The van der Waals surface area contributed by atoms with Gasteiger partial charge in [0.1, 0.15) is 0 Å². The quantitative estimate of drug-likeness (QED) is 0.145. The predicted molar refractivity (Wildman–Crippen MR) is 308 cm³/mol. The summed E-state index contributed by atoms with van der Waals surface area (Å²) in [5.41, 5.74) is 16.5. The maximum absolute atomic E-state index is 2.49. The minimum absolute atomic E-state index is 0.485. The van der Waals surface area contributed by atoms with Crippen molar-refractivity contribution in [2.45, 2.75) is 5.41 Å². The van der Waals surface area contributed by atoms with Crippen molar-refractivity contribution in [2.75, 3.05) is 4.90 Å². The Morgan fingerprint density at radius 2 is 0.767 bits per heavy atom. The fourth-order valence-corrected chi connectivity index (χ4v) is 12.7. The van der Waals surface area contributed by atoms with Crippen LogP contribution in [0.4, 0.5) is 17.1 Å². The van der Waals surface area contributed by atoms with E-state index in [2.05, 4.69) is 289 Å². The lowest BCUT2D eigenvalue weighted by molar-refractivity contribution is 0.767. The molecule has 0 amide bonds. The molecule has 0 bridgehead atoms. The summed E-state index contributed by atoms with van der Waals surface area (Å²) < 4.78 is 2.47. The molecule has 1 aliphatic carbocycles. The first kappa shape index (κ1) is 41.3. The van der Waals surface area contributed by atoms with Crippen molar-refractivity contribution >= 4 is 82.0 Å². The first-order valence-electron chi connectivity index (χ1n) is 25.3. The maximum atomic E-state index is 2.49. The first-order valence-corrected chi connectivity index (χ1v) is 25.3. The van der Waals surface area contributed by atoms with E-state index in [0.29, 0.717) is 0 Å². The van der Waals surface area contributed by atoms with Gasteiger partial charge in [0.25, 0.3) is 0 Å². The van der Waals surface area contributed by atoms with E-state index >= 15 is 0 Å². The average Bonchev–Trinajstić information content (AvgIpc) is 4.00. The van der Waals surface area contributed by atoms with Gasteiger partial charge in [0, 0.05) is 32.9 Å². The van der Waals surface area contributed by atoms with Crippen LogP contribution in [0.5, 0.6) is 0 Å². The molecular formula is C71H46N2. The molecule has 1 heterocycles. The van der Waals surface area contributed by atoms with E-state index in [1.165, 1.54) is 109 Å². The molecule has 1 aliphatic rings. The van der Waals surface area contributed by atoms with Gasteiger partial charge in [0.2, 0.25) is 0 Å². The standard InChI is InChI=1S/C71H46N2/c1-3-21-51(22-4-1)71(52-23-5-2-6-24-52)65-33-17-15-29-59(65)60-41-40-54(46-66(60)71)73-67-34-18-16-32-63(67)64-43-48(37-42-68(64)73)47-35-38-53(39-36-47)72(69-44-49-19-7-9-25-55(49)57-27-11-13-30-61(57)69)70-45-50-20-8-10-26-56(50)58-28-12-14-31-62(58)70/h1-46H. The van der Waals surface area contributed by atoms with E-state index in [1.54, 1.807) is 0 Å². The Hall–Kier alpha value is -9.50. The normalized spacial score (nSPS) is 12.8. The highest BCUT2D eigenvalue weighted by Crippen LogP contribution is 2.57. The fourth-order valence-electron chi connectivity index (χ4n) is 12.7. The second kappa shape index (κ2) is 16.3. The van der Waals surface area contributed by atoms with Gasteiger partial charge in [-0.05, 0) is 131 Å². The van der Waals surface area contributed by atoms with Crippen molar-refractivity contribution in [3.63, 3.8) is 0 Å². The van der Waals surface area contributed by atoms with E-state index in [4.69, 9.17) is 0 Å². The van der Waals surface area contributed by atoms with Crippen LogP contribution < -0.4 is 4.90 Å². The molecule has 0 aliphatic heterocycles. The molecule has 0 unspecified atom stereocenters. The topological polar surface area (TPSA) is 8.17 Å². The molecule has 0 fully saturated rings. The average molecular weight is 927 g/mol. The minimum Gasteiger partial charge on any atom is -0.309 e. The summed E-state index contributed by atoms with van der Waals surface area (Å²) in [6.45, 7) is 0. The van der Waals surface area contributed by atoms with Crippen LogP contribution in [0.3, 0.4) is 0 Å². The summed E-state index contributed by atoms with van der Waals surface area (Å²) in [5.74, 6) is 0. The third-order valence-corrected chi connectivity index (χ3v) is 15.8. The van der Waals surface area contributed by atoms with Gasteiger partial charge >= 0.3 is 0 Å². The SMILES string of the molecule is c1ccc(C2(c3ccccc3)c3ccccc3-c3ccc(-n4c5ccccc5c5cc(-c6ccc(N(c7cc8ccccc8c8ccccc78)c7cc8ccccc8c8ccccc78)cc6)ccc54)cc32)cc1. The van der Waals surface area contributed by atoms with E-state index in [0.717, 1.165) is 22.7 Å². The van der Waals surface area contributed by atoms with Gasteiger partial charge in [-0.2, -0.15) is 0 Å². The van der Waals surface area contributed by atoms with Gasteiger partial charge in [-0.25, -0.2) is 0 Å². The summed E-state index contributed by atoms with van der Waals surface area (Å²) in [4.78, 5) is 2.49. The van der Waals surface area contributed by atoms with Gasteiger partial charge < -0.3 is 9.47 Å². The zero-order valence-corrected chi connectivity index (χ0v) is 40.0. The first-order chi connectivity index (χ1) is 36.2. The van der Waals surface area contributed by atoms with Crippen molar-refractivity contribution in [1.29, 1.82) is 0 Å². The van der Waals surface area contributed by atoms with Crippen LogP contribution in [0.15, 0.2) is 279 Å². The monoisotopic (exact) mass is 926 g/mol. The molecule has 13 aromatic carbocycles. The number of rotatable bonds is 7. The lowest BCUT2D eigenvalue weighted by Crippen LogP contribution is -2.28. The van der Waals surface area contributed by atoms with Gasteiger partial charge in [0.05, 0.1) is 27.8 Å². The molecule has 1 aromatic heterocycles. The number of fused-ring (bicyclic) bond motifs is 12. The van der Waals surface area contributed by atoms with Gasteiger partial charge in [0.15, 0.2) is 0 Å². The van der Waals surface area contributed by atoms with Crippen LogP contribution in [-0.4, -0.2) is 4.57 Å². The highest BCUT2D eigenvalue weighted by atomic mass is 15.1. The number of para-hydroxylation sites is 1. The number of hydrogen-bond acceptors (Lipinski definition) is 1. The zero-order chi connectivity index (χ0) is 48.0. The molecule has 2 heteroatoms. The van der Waals surface area contributed by atoms with Crippen molar-refractivity contribution in [2.24, 2.45) is 0 Å². The zero-order valence-electron chi connectivity index (χ0n) is 40.0. The Morgan fingerprint density at radius 1 is 0.288 bits per heavy atom. The summed E-state index contributed by atoms with van der Waals surface area (Å²) in [6, 6.07) is 103. The van der Waals surface area contributed by atoms with E-state index < -0.39 is 5.41 Å². The number of hydrogen-bond donors (Lipinski definition) is 0. The Bertz CT molecular complexity index is 4330. The summed E-state index contributed by atoms with van der Waals surface area (Å²) in [7, 11) is 0. The third kappa shape index (κ3) is 6.17. The smallest absolute Gasteiger partial charge is 0.0714 e. The highest BCUT2D eigenvalue weighted by molar-refractivity contribution is 6.19.